The molecule has 0 heterocycles. The Balaban J connectivity index is 2.82. The predicted octanol–water partition coefficient (Wildman–Crippen LogP) is 5.04. The molecular weight excluding hydrogens is 291 g/mol. The third kappa shape index (κ3) is 5.57. The van der Waals surface area contributed by atoms with Crippen LogP contribution >= 0.6 is 11.6 Å². The number of ether oxygens (including phenoxy) is 1. The lowest BCUT2D eigenvalue weighted by Crippen LogP contribution is -2.23. The van der Waals surface area contributed by atoms with Crippen molar-refractivity contribution in [2.24, 2.45) is 0 Å². The van der Waals surface area contributed by atoms with E-state index >= 15 is 0 Å². The largest absolute Gasteiger partial charge is 0.385 e. The van der Waals surface area contributed by atoms with E-state index < -0.39 is 11.8 Å². The van der Waals surface area contributed by atoms with Gasteiger partial charge >= 0.3 is 0 Å². The fourth-order valence-corrected chi connectivity index (χ4v) is 2.41. The topological polar surface area (TPSA) is 29.5 Å². The number of rotatable bonds is 8. The molecule has 2 atom stereocenters. The Bertz CT molecular complexity index is 443. The minimum atomic E-state index is -1.69. The molecule has 0 saturated heterocycles. The van der Waals surface area contributed by atoms with Crippen LogP contribution in [0, 0.1) is 0 Å². The molecule has 21 heavy (non-hydrogen) atoms. The zero-order valence-electron chi connectivity index (χ0n) is 13.3. The van der Waals surface area contributed by atoms with E-state index in [1.54, 1.807) is 18.2 Å². The molecule has 1 rings (SSSR count). The van der Waals surface area contributed by atoms with Gasteiger partial charge in [-0.2, -0.15) is 0 Å². The van der Waals surface area contributed by atoms with Crippen LogP contribution in [0.25, 0.3) is 0 Å². The van der Waals surface area contributed by atoms with Crippen LogP contribution in [0.3, 0.4) is 0 Å². The lowest BCUT2D eigenvalue weighted by atomic mass is 9.92. The van der Waals surface area contributed by atoms with E-state index in [1.807, 2.05) is 6.92 Å². The van der Waals surface area contributed by atoms with E-state index in [0.717, 1.165) is 25.0 Å². The average molecular weight is 317 g/mol. The highest BCUT2D eigenvalue weighted by Crippen LogP contribution is 2.33. The normalized spacial score (nSPS) is 15.0. The summed E-state index contributed by atoms with van der Waals surface area (Å²) in [5.41, 5.74) is -0.261. The number of hydrogen-bond acceptors (Lipinski definition) is 2. The van der Waals surface area contributed by atoms with Crippen molar-refractivity contribution >= 4 is 11.6 Å². The van der Waals surface area contributed by atoms with Gasteiger partial charge in [-0.15, -0.1) is 0 Å². The number of hydrogen-bond donors (Lipinski definition) is 1. The first-order chi connectivity index (χ1) is 9.77. The minimum Gasteiger partial charge on any atom is -0.385 e. The van der Waals surface area contributed by atoms with Crippen molar-refractivity contribution in [3.8, 4) is 0 Å². The van der Waals surface area contributed by atoms with E-state index in [9.17, 15) is 9.50 Å². The Kier molecular flexibility index (Phi) is 7.11. The maximum atomic E-state index is 13.9. The summed E-state index contributed by atoms with van der Waals surface area (Å²) in [4.78, 5) is 0. The molecule has 0 spiro atoms. The van der Waals surface area contributed by atoms with Gasteiger partial charge in [0.05, 0.1) is 6.61 Å². The van der Waals surface area contributed by atoms with Crippen molar-refractivity contribution in [2.45, 2.75) is 58.2 Å². The molecule has 0 radical (unpaired) electrons. The van der Waals surface area contributed by atoms with Crippen LogP contribution in [-0.2, 0) is 4.74 Å². The standard InChI is InChI=1S/C17H26ClFO2/c1-5-6-9-21-11-12(2)14-10-13(7-8-15(14)18)16(20)17(3,4)19/h7-8,10,12,16,20H,5-6,9,11H2,1-4H3/t12-,16?/m0/s1. The second-order valence-electron chi connectivity index (χ2n) is 6.08. The molecule has 2 nitrogen and oxygen atoms in total. The number of halogens is 2. The van der Waals surface area contributed by atoms with Crippen LogP contribution in [0.5, 0.6) is 0 Å². The first-order valence-electron chi connectivity index (χ1n) is 7.51. The van der Waals surface area contributed by atoms with Crippen molar-refractivity contribution in [2.75, 3.05) is 13.2 Å². The summed E-state index contributed by atoms with van der Waals surface area (Å²) in [5, 5.41) is 10.7. The molecule has 0 fully saturated rings. The van der Waals surface area contributed by atoms with Gasteiger partial charge in [-0.25, -0.2) is 4.39 Å². The molecule has 0 amide bonds. The average Bonchev–Trinajstić information content (AvgIpc) is 2.42. The molecule has 0 aliphatic rings. The minimum absolute atomic E-state index is 0.101. The summed E-state index contributed by atoms with van der Waals surface area (Å²) < 4.78 is 19.5. The molecule has 4 heteroatoms. The summed E-state index contributed by atoms with van der Waals surface area (Å²) in [5.74, 6) is 0.101. The van der Waals surface area contributed by atoms with Gasteiger partial charge in [0.2, 0.25) is 0 Å². The molecule has 1 aromatic rings. The fourth-order valence-electron chi connectivity index (χ4n) is 2.10. The maximum Gasteiger partial charge on any atom is 0.135 e. The van der Waals surface area contributed by atoms with Gasteiger partial charge in [0.15, 0.2) is 0 Å². The van der Waals surface area contributed by atoms with Gasteiger partial charge in [-0.1, -0.05) is 44.0 Å². The first-order valence-corrected chi connectivity index (χ1v) is 7.89. The zero-order chi connectivity index (χ0) is 16.0. The zero-order valence-corrected chi connectivity index (χ0v) is 14.1. The molecule has 0 saturated carbocycles. The van der Waals surface area contributed by atoms with Gasteiger partial charge in [-0.05, 0) is 37.5 Å². The Labute approximate surface area is 132 Å². The third-order valence-electron chi connectivity index (χ3n) is 3.53. The number of benzene rings is 1. The highest BCUT2D eigenvalue weighted by molar-refractivity contribution is 6.31. The van der Waals surface area contributed by atoms with Crippen molar-refractivity contribution in [3.63, 3.8) is 0 Å². The highest BCUT2D eigenvalue weighted by atomic mass is 35.5. The summed E-state index contributed by atoms with van der Waals surface area (Å²) in [6, 6.07) is 5.16. The summed E-state index contributed by atoms with van der Waals surface area (Å²) >= 11 is 6.22. The van der Waals surface area contributed by atoms with Gasteiger partial charge < -0.3 is 9.84 Å². The molecule has 0 aliphatic carbocycles. The van der Waals surface area contributed by atoms with Crippen LogP contribution < -0.4 is 0 Å². The molecule has 120 valence electrons. The van der Waals surface area contributed by atoms with Gasteiger partial charge in [-0.3, -0.25) is 0 Å². The number of aliphatic hydroxyl groups is 1. The fraction of sp³-hybridized carbons (Fsp3) is 0.647. The molecule has 1 N–H and O–H groups in total. The van der Waals surface area contributed by atoms with Crippen LogP contribution in [0.15, 0.2) is 18.2 Å². The molecular formula is C17H26ClFO2. The Morgan fingerprint density at radius 3 is 2.62 bits per heavy atom. The molecule has 0 aliphatic heterocycles. The van der Waals surface area contributed by atoms with E-state index in [4.69, 9.17) is 16.3 Å². The second kappa shape index (κ2) is 8.11. The summed E-state index contributed by atoms with van der Waals surface area (Å²) in [6.07, 6.45) is 0.971. The third-order valence-corrected chi connectivity index (χ3v) is 3.87. The lowest BCUT2D eigenvalue weighted by molar-refractivity contribution is 0.0161. The van der Waals surface area contributed by atoms with E-state index in [-0.39, 0.29) is 5.92 Å². The van der Waals surface area contributed by atoms with E-state index in [1.165, 1.54) is 13.8 Å². The molecule has 0 bridgehead atoms. The van der Waals surface area contributed by atoms with E-state index in [2.05, 4.69) is 6.92 Å². The summed E-state index contributed by atoms with van der Waals surface area (Å²) in [7, 11) is 0. The van der Waals surface area contributed by atoms with Gasteiger partial charge in [0.25, 0.3) is 0 Å². The van der Waals surface area contributed by atoms with Crippen molar-refractivity contribution in [1.29, 1.82) is 0 Å². The lowest BCUT2D eigenvalue weighted by Gasteiger charge is -2.24. The van der Waals surface area contributed by atoms with E-state index in [0.29, 0.717) is 17.2 Å². The SMILES string of the molecule is CCCCOC[C@H](C)c1cc(C(O)C(C)(C)F)ccc1Cl. The quantitative estimate of drug-likeness (QED) is 0.681. The highest BCUT2D eigenvalue weighted by Gasteiger charge is 2.29. The molecule has 1 aromatic carbocycles. The van der Waals surface area contributed by atoms with Crippen molar-refractivity contribution in [3.05, 3.63) is 34.3 Å². The maximum absolute atomic E-state index is 13.9. The Morgan fingerprint density at radius 2 is 2.05 bits per heavy atom. The van der Waals surface area contributed by atoms with Crippen molar-refractivity contribution < 1.29 is 14.2 Å². The van der Waals surface area contributed by atoms with Gasteiger partial charge in [0.1, 0.15) is 11.8 Å². The molecule has 0 aromatic heterocycles. The summed E-state index contributed by atoms with van der Waals surface area (Å²) in [6.45, 7) is 8.17. The Hall–Kier alpha value is -0.640. The Morgan fingerprint density at radius 1 is 1.38 bits per heavy atom. The number of alkyl halides is 1. The monoisotopic (exact) mass is 316 g/mol. The number of aliphatic hydroxyl groups excluding tert-OH is 1. The number of unbranched alkanes of at least 4 members (excludes halogenated alkanes) is 1. The second-order valence-corrected chi connectivity index (χ2v) is 6.48. The first kappa shape index (κ1) is 18.4. The van der Waals surface area contributed by atoms with Crippen LogP contribution in [0.1, 0.15) is 63.7 Å². The van der Waals surface area contributed by atoms with Gasteiger partial charge in [0, 0.05) is 17.5 Å². The smallest absolute Gasteiger partial charge is 0.135 e. The predicted molar refractivity (Wildman–Crippen MR) is 85.7 cm³/mol. The van der Waals surface area contributed by atoms with Crippen LogP contribution in [0.4, 0.5) is 4.39 Å². The van der Waals surface area contributed by atoms with Crippen LogP contribution in [0.2, 0.25) is 5.02 Å². The van der Waals surface area contributed by atoms with Crippen molar-refractivity contribution in [1.82, 2.24) is 0 Å². The van der Waals surface area contributed by atoms with Crippen LogP contribution in [-0.4, -0.2) is 24.0 Å². The molecule has 1 unspecified atom stereocenters.